The highest BCUT2D eigenvalue weighted by Gasteiger charge is 2.28. The predicted octanol–water partition coefficient (Wildman–Crippen LogP) is 0.558. The van der Waals surface area contributed by atoms with Gasteiger partial charge in [-0.05, 0) is 24.1 Å². The summed E-state index contributed by atoms with van der Waals surface area (Å²) in [4.78, 5) is 10.9. The van der Waals surface area contributed by atoms with E-state index in [0.29, 0.717) is 19.6 Å². The van der Waals surface area contributed by atoms with Crippen molar-refractivity contribution in [2.75, 3.05) is 6.54 Å². The second-order valence-corrected chi connectivity index (χ2v) is 4.16. The Labute approximate surface area is 98.9 Å². The van der Waals surface area contributed by atoms with Gasteiger partial charge in [0.25, 0.3) is 0 Å². The summed E-state index contributed by atoms with van der Waals surface area (Å²) in [6.45, 7) is 1.03. The van der Waals surface area contributed by atoms with Crippen molar-refractivity contribution in [2.45, 2.75) is 25.2 Å². The first-order valence-electron chi connectivity index (χ1n) is 5.54. The maximum atomic E-state index is 12.7. The molecule has 1 saturated heterocycles. The molecule has 0 radical (unpaired) electrons. The molecule has 2 atom stereocenters. The van der Waals surface area contributed by atoms with Gasteiger partial charge in [0.1, 0.15) is 5.82 Å². The van der Waals surface area contributed by atoms with Crippen molar-refractivity contribution in [3.8, 4) is 0 Å². The van der Waals surface area contributed by atoms with Crippen LogP contribution in [0.2, 0.25) is 0 Å². The van der Waals surface area contributed by atoms with Gasteiger partial charge in [-0.2, -0.15) is 0 Å². The van der Waals surface area contributed by atoms with E-state index in [9.17, 15) is 9.18 Å². The normalized spacial score (nSPS) is 23.8. The number of carbonyl (C=O) groups is 1. The Morgan fingerprint density at radius 2 is 2.18 bits per heavy atom. The summed E-state index contributed by atoms with van der Waals surface area (Å²) in [6, 6.07) is 5.87. The third-order valence-corrected chi connectivity index (χ3v) is 2.83. The van der Waals surface area contributed by atoms with Crippen LogP contribution in [0.5, 0.6) is 0 Å². The number of hydrogen-bond acceptors (Lipinski definition) is 3. The fraction of sp³-hybridized carbons (Fsp3) is 0.417. The summed E-state index contributed by atoms with van der Waals surface area (Å²) in [6.07, 6.45) is 0.578. The van der Waals surface area contributed by atoms with Crippen molar-refractivity contribution >= 4 is 5.91 Å². The molecular formula is C12H15FN2O2. The minimum atomic E-state index is -0.349. The third-order valence-electron chi connectivity index (χ3n) is 2.83. The lowest BCUT2D eigenvalue weighted by Gasteiger charge is -2.10. The van der Waals surface area contributed by atoms with E-state index < -0.39 is 0 Å². The molecule has 2 unspecified atom stereocenters. The number of halogens is 1. The average Bonchev–Trinajstić information content (AvgIpc) is 2.77. The number of rotatable bonds is 4. The van der Waals surface area contributed by atoms with Crippen LogP contribution < -0.4 is 11.1 Å². The number of benzene rings is 1. The van der Waals surface area contributed by atoms with Gasteiger partial charge >= 0.3 is 0 Å². The fourth-order valence-corrected chi connectivity index (χ4v) is 1.84. The molecule has 1 fully saturated rings. The highest BCUT2D eigenvalue weighted by Crippen LogP contribution is 2.13. The molecule has 0 spiro atoms. The number of hydrogen-bond donors (Lipinski definition) is 2. The molecule has 1 amide bonds. The molecule has 1 aliphatic rings. The molecule has 1 aromatic carbocycles. The largest absolute Gasteiger partial charge is 0.372 e. The van der Waals surface area contributed by atoms with Crippen LogP contribution in [0.15, 0.2) is 24.3 Å². The topological polar surface area (TPSA) is 64.4 Å². The van der Waals surface area contributed by atoms with Crippen molar-refractivity contribution in [1.82, 2.24) is 5.32 Å². The number of ether oxygens (including phenoxy) is 1. The van der Waals surface area contributed by atoms with Gasteiger partial charge in [0.05, 0.1) is 18.8 Å². The second-order valence-electron chi connectivity index (χ2n) is 4.16. The van der Waals surface area contributed by atoms with E-state index >= 15 is 0 Å². The molecule has 0 bridgehead atoms. The summed E-state index contributed by atoms with van der Waals surface area (Å²) >= 11 is 0. The van der Waals surface area contributed by atoms with Gasteiger partial charge in [0, 0.05) is 6.54 Å². The molecule has 5 heteroatoms. The molecule has 3 N–H and O–H groups in total. The summed E-state index contributed by atoms with van der Waals surface area (Å²) in [5.41, 5.74) is 6.10. The Balaban J connectivity index is 1.80. The number of nitrogens with two attached hydrogens (primary N) is 1. The molecule has 1 aromatic rings. The molecule has 92 valence electrons. The lowest BCUT2D eigenvalue weighted by Crippen LogP contribution is -2.36. The van der Waals surface area contributed by atoms with Crippen LogP contribution >= 0.6 is 0 Å². The Kier molecular flexibility index (Phi) is 3.71. The van der Waals surface area contributed by atoms with Gasteiger partial charge in [0.2, 0.25) is 5.91 Å². The van der Waals surface area contributed by atoms with Crippen LogP contribution in [0.3, 0.4) is 0 Å². The first-order valence-corrected chi connectivity index (χ1v) is 5.54. The maximum absolute atomic E-state index is 12.7. The Hall–Kier alpha value is -1.46. The standard InChI is InChI=1S/C12H15FN2O2/c13-9-3-1-8(2-4-9)7-17-10-5-11(12(14)16)15-6-10/h1-4,10-11,15H,5-7H2,(H2,14,16). The molecular weight excluding hydrogens is 223 g/mol. The van der Waals surface area contributed by atoms with Crippen LogP contribution in [0.4, 0.5) is 4.39 Å². The van der Waals surface area contributed by atoms with Gasteiger partial charge in [-0.15, -0.1) is 0 Å². The van der Waals surface area contributed by atoms with Crippen LogP contribution in [0.25, 0.3) is 0 Å². The maximum Gasteiger partial charge on any atom is 0.234 e. The van der Waals surface area contributed by atoms with Gasteiger partial charge < -0.3 is 15.8 Å². The number of carbonyl (C=O) groups excluding carboxylic acids is 1. The van der Waals surface area contributed by atoms with Crippen LogP contribution in [0.1, 0.15) is 12.0 Å². The Morgan fingerprint density at radius 1 is 1.47 bits per heavy atom. The quantitative estimate of drug-likeness (QED) is 0.805. The van der Waals surface area contributed by atoms with Crippen molar-refractivity contribution in [3.05, 3.63) is 35.6 Å². The van der Waals surface area contributed by atoms with Crippen molar-refractivity contribution < 1.29 is 13.9 Å². The van der Waals surface area contributed by atoms with E-state index in [1.807, 2.05) is 0 Å². The Morgan fingerprint density at radius 3 is 2.76 bits per heavy atom. The summed E-state index contributed by atoms with van der Waals surface area (Å²) in [5, 5.41) is 2.99. The lowest BCUT2D eigenvalue weighted by atomic mass is 10.2. The van der Waals surface area contributed by atoms with Gasteiger partial charge in [-0.1, -0.05) is 12.1 Å². The highest BCUT2D eigenvalue weighted by atomic mass is 19.1. The number of amides is 1. The molecule has 0 saturated carbocycles. The zero-order valence-corrected chi connectivity index (χ0v) is 9.36. The van der Waals surface area contributed by atoms with E-state index in [0.717, 1.165) is 5.56 Å². The highest BCUT2D eigenvalue weighted by molar-refractivity contribution is 5.80. The van der Waals surface area contributed by atoms with Gasteiger partial charge in [-0.25, -0.2) is 4.39 Å². The third kappa shape index (κ3) is 3.25. The smallest absolute Gasteiger partial charge is 0.234 e. The summed E-state index contributed by atoms with van der Waals surface area (Å²) in [7, 11) is 0. The molecule has 1 aliphatic heterocycles. The molecule has 0 aromatic heterocycles. The van der Waals surface area contributed by atoms with Crippen LogP contribution in [-0.2, 0) is 16.1 Å². The molecule has 4 nitrogen and oxygen atoms in total. The van der Waals surface area contributed by atoms with Crippen LogP contribution in [0, 0.1) is 5.82 Å². The predicted molar refractivity (Wildman–Crippen MR) is 60.6 cm³/mol. The van der Waals surface area contributed by atoms with Crippen LogP contribution in [-0.4, -0.2) is 24.6 Å². The van der Waals surface area contributed by atoms with Crippen molar-refractivity contribution in [2.24, 2.45) is 5.73 Å². The second kappa shape index (κ2) is 5.25. The van der Waals surface area contributed by atoms with E-state index in [4.69, 9.17) is 10.5 Å². The zero-order valence-electron chi connectivity index (χ0n) is 9.36. The molecule has 1 heterocycles. The first kappa shape index (κ1) is 12.0. The Bertz CT molecular complexity index is 394. The van der Waals surface area contributed by atoms with Crippen molar-refractivity contribution in [1.29, 1.82) is 0 Å². The first-order chi connectivity index (χ1) is 8.15. The minimum Gasteiger partial charge on any atom is -0.372 e. The number of nitrogens with one attached hydrogen (secondary N) is 1. The van der Waals surface area contributed by atoms with Gasteiger partial charge in [0.15, 0.2) is 0 Å². The fourth-order valence-electron chi connectivity index (χ4n) is 1.84. The summed E-state index contributed by atoms with van der Waals surface area (Å²) < 4.78 is 18.3. The molecule has 0 aliphatic carbocycles. The molecule has 2 rings (SSSR count). The average molecular weight is 238 g/mol. The molecule has 17 heavy (non-hydrogen) atoms. The zero-order chi connectivity index (χ0) is 12.3. The minimum absolute atomic E-state index is 0.0162. The van der Waals surface area contributed by atoms with Gasteiger partial charge in [-0.3, -0.25) is 4.79 Å². The van der Waals surface area contributed by atoms with E-state index in [-0.39, 0.29) is 23.9 Å². The van der Waals surface area contributed by atoms with E-state index in [1.165, 1.54) is 12.1 Å². The van der Waals surface area contributed by atoms with Crippen molar-refractivity contribution in [3.63, 3.8) is 0 Å². The SMILES string of the molecule is NC(=O)C1CC(OCc2ccc(F)cc2)CN1. The van der Waals surface area contributed by atoms with E-state index in [2.05, 4.69) is 5.32 Å². The monoisotopic (exact) mass is 238 g/mol. The number of primary amides is 1. The lowest BCUT2D eigenvalue weighted by molar-refractivity contribution is -0.119. The van der Waals surface area contributed by atoms with E-state index in [1.54, 1.807) is 12.1 Å². The summed E-state index contributed by atoms with van der Waals surface area (Å²) in [5.74, 6) is -0.608.